The third-order valence-electron chi connectivity index (χ3n) is 5.62. The number of carboxylic acid groups (broad SMARTS) is 1. The number of nitrogens with zero attached hydrogens (tertiary/aromatic N) is 1. The SMILES string of the molecule is CCC(C)C(NC(=O)C(CCSC)NC(=O)C(N)C(C)C)C(=O)NC(CCCN=C(N)N)C(=O)O. The first-order valence-electron chi connectivity index (χ1n) is 11.8. The molecule has 0 radical (unpaired) electrons. The fourth-order valence-electron chi connectivity index (χ4n) is 3.05. The quantitative estimate of drug-likeness (QED) is 0.0740. The highest BCUT2D eigenvalue weighted by Crippen LogP contribution is 2.11. The average molecular weight is 518 g/mol. The van der Waals surface area contributed by atoms with Crippen LogP contribution in [0.25, 0.3) is 0 Å². The lowest BCUT2D eigenvalue weighted by molar-refractivity contribution is -0.143. The van der Waals surface area contributed by atoms with Gasteiger partial charge in [-0.15, -0.1) is 0 Å². The summed E-state index contributed by atoms with van der Waals surface area (Å²) in [6, 6.07) is -3.81. The predicted molar refractivity (Wildman–Crippen MR) is 139 cm³/mol. The van der Waals surface area contributed by atoms with Crippen LogP contribution in [-0.2, 0) is 19.2 Å². The van der Waals surface area contributed by atoms with Gasteiger partial charge in [0, 0.05) is 6.54 Å². The van der Waals surface area contributed by atoms with Crippen molar-refractivity contribution in [3.05, 3.63) is 0 Å². The molecule has 35 heavy (non-hydrogen) atoms. The second kappa shape index (κ2) is 17.0. The highest BCUT2D eigenvalue weighted by Gasteiger charge is 2.32. The molecule has 202 valence electrons. The van der Waals surface area contributed by atoms with Crippen molar-refractivity contribution in [3.63, 3.8) is 0 Å². The molecule has 5 atom stereocenters. The summed E-state index contributed by atoms with van der Waals surface area (Å²) in [5, 5.41) is 17.4. The Morgan fingerprint density at radius 3 is 2.03 bits per heavy atom. The van der Waals surface area contributed by atoms with Crippen LogP contribution in [-0.4, -0.2) is 77.5 Å². The van der Waals surface area contributed by atoms with E-state index in [1.807, 2.05) is 13.2 Å². The molecule has 3 amide bonds. The number of aliphatic carboxylic acids is 1. The van der Waals surface area contributed by atoms with Gasteiger partial charge in [-0.2, -0.15) is 11.8 Å². The lowest BCUT2D eigenvalue weighted by atomic mass is 9.97. The molecule has 12 nitrogen and oxygen atoms in total. The maximum atomic E-state index is 13.1. The van der Waals surface area contributed by atoms with Crippen LogP contribution in [0.15, 0.2) is 4.99 Å². The van der Waals surface area contributed by atoms with Crippen molar-refractivity contribution in [2.24, 2.45) is 34.0 Å². The first kappa shape index (κ1) is 32.5. The summed E-state index contributed by atoms with van der Waals surface area (Å²) in [5.74, 6) is -2.69. The zero-order valence-corrected chi connectivity index (χ0v) is 22.2. The minimum absolute atomic E-state index is 0.0991. The maximum Gasteiger partial charge on any atom is 0.326 e. The van der Waals surface area contributed by atoms with Crippen molar-refractivity contribution in [1.82, 2.24) is 16.0 Å². The zero-order chi connectivity index (χ0) is 27.1. The second-order valence-electron chi connectivity index (χ2n) is 8.83. The van der Waals surface area contributed by atoms with Gasteiger partial charge in [0.25, 0.3) is 0 Å². The van der Waals surface area contributed by atoms with Crippen LogP contribution >= 0.6 is 11.8 Å². The number of carboxylic acids is 1. The third-order valence-corrected chi connectivity index (χ3v) is 6.26. The Labute approximate surface area is 212 Å². The van der Waals surface area contributed by atoms with E-state index >= 15 is 0 Å². The van der Waals surface area contributed by atoms with Gasteiger partial charge in [0.05, 0.1) is 6.04 Å². The van der Waals surface area contributed by atoms with Gasteiger partial charge >= 0.3 is 5.97 Å². The lowest BCUT2D eigenvalue weighted by Gasteiger charge is -2.28. The van der Waals surface area contributed by atoms with Crippen LogP contribution in [0.3, 0.4) is 0 Å². The summed E-state index contributed by atoms with van der Waals surface area (Å²) in [6.07, 6.45) is 3.24. The van der Waals surface area contributed by atoms with Crippen molar-refractivity contribution >= 4 is 41.4 Å². The number of thioether (sulfide) groups is 1. The fraction of sp³-hybridized carbons (Fsp3) is 0.773. The fourth-order valence-corrected chi connectivity index (χ4v) is 3.52. The summed E-state index contributed by atoms with van der Waals surface area (Å²) in [6.45, 7) is 7.48. The van der Waals surface area contributed by atoms with Gasteiger partial charge < -0.3 is 38.3 Å². The van der Waals surface area contributed by atoms with E-state index in [1.54, 1.807) is 20.8 Å². The Morgan fingerprint density at radius 1 is 0.943 bits per heavy atom. The van der Waals surface area contributed by atoms with Gasteiger partial charge in [-0.25, -0.2) is 4.79 Å². The number of carbonyl (C=O) groups is 4. The van der Waals surface area contributed by atoms with Crippen LogP contribution in [0, 0.1) is 11.8 Å². The van der Waals surface area contributed by atoms with E-state index in [0.29, 0.717) is 25.0 Å². The van der Waals surface area contributed by atoms with Crippen molar-refractivity contribution in [3.8, 4) is 0 Å². The highest BCUT2D eigenvalue weighted by molar-refractivity contribution is 7.98. The lowest BCUT2D eigenvalue weighted by Crippen LogP contribution is -2.59. The van der Waals surface area contributed by atoms with Crippen LogP contribution in [0.5, 0.6) is 0 Å². The molecule has 0 rings (SSSR count). The molecule has 0 spiro atoms. The van der Waals surface area contributed by atoms with E-state index in [-0.39, 0.29) is 30.8 Å². The number of rotatable bonds is 17. The molecule has 0 aromatic heterocycles. The molecule has 0 bridgehead atoms. The maximum absolute atomic E-state index is 13.1. The van der Waals surface area contributed by atoms with Crippen LogP contribution in [0.2, 0.25) is 0 Å². The van der Waals surface area contributed by atoms with E-state index in [9.17, 15) is 24.3 Å². The van der Waals surface area contributed by atoms with Gasteiger partial charge in [0.15, 0.2) is 5.96 Å². The molecule has 0 aromatic rings. The molecular formula is C22H43N7O5S. The van der Waals surface area contributed by atoms with Crippen molar-refractivity contribution in [2.75, 3.05) is 18.6 Å². The minimum Gasteiger partial charge on any atom is -0.480 e. The number of aliphatic imine (C=N–C) groups is 1. The van der Waals surface area contributed by atoms with Crippen LogP contribution in [0.1, 0.15) is 53.4 Å². The van der Waals surface area contributed by atoms with Gasteiger partial charge in [-0.3, -0.25) is 19.4 Å². The van der Waals surface area contributed by atoms with E-state index in [2.05, 4.69) is 20.9 Å². The molecule has 0 aliphatic heterocycles. The number of hydrogen-bond acceptors (Lipinski definition) is 7. The van der Waals surface area contributed by atoms with Crippen molar-refractivity contribution in [2.45, 2.75) is 77.5 Å². The Bertz CT molecular complexity index is 731. The third kappa shape index (κ3) is 12.6. The first-order valence-corrected chi connectivity index (χ1v) is 13.2. The van der Waals surface area contributed by atoms with Crippen molar-refractivity contribution in [1.29, 1.82) is 0 Å². The van der Waals surface area contributed by atoms with Crippen LogP contribution < -0.4 is 33.2 Å². The standard InChI is InChI=1S/C22H43N7O5S/c1-6-13(4)17(20(32)28-15(21(33)34)8-7-10-26-22(24)25)29-18(30)14(9-11-35-5)27-19(31)16(23)12(2)3/h12-17H,6-11,23H2,1-5H3,(H,27,31)(H,28,32)(H,29,30)(H,33,34)(H4,24,25,26). The van der Waals surface area contributed by atoms with Gasteiger partial charge in [0.2, 0.25) is 17.7 Å². The summed E-state index contributed by atoms with van der Waals surface area (Å²) in [7, 11) is 0. The number of nitrogens with one attached hydrogen (secondary N) is 3. The van der Waals surface area contributed by atoms with E-state index < -0.39 is 47.9 Å². The normalized spacial score (nSPS) is 15.3. The zero-order valence-electron chi connectivity index (χ0n) is 21.4. The molecular weight excluding hydrogens is 474 g/mol. The average Bonchev–Trinajstić information content (AvgIpc) is 2.79. The number of amides is 3. The Hall–Kier alpha value is -2.54. The number of nitrogens with two attached hydrogens (primary N) is 3. The minimum atomic E-state index is -1.20. The predicted octanol–water partition coefficient (Wildman–Crippen LogP) is -0.638. The van der Waals surface area contributed by atoms with Gasteiger partial charge in [0.1, 0.15) is 18.1 Å². The van der Waals surface area contributed by atoms with E-state index in [1.165, 1.54) is 11.8 Å². The number of guanidine groups is 1. The molecule has 0 heterocycles. The van der Waals surface area contributed by atoms with Gasteiger partial charge in [-0.1, -0.05) is 34.1 Å². The summed E-state index contributed by atoms with van der Waals surface area (Å²) in [5.41, 5.74) is 16.5. The smallest absolute Gasteiger partial charge is 0.326 e. The number of carbonyl (C=O) groups excluding carboxylic acids is 3. The summed E-state index contributed by atoms with van der Waals surface area (Å²) >= 11 is 1.52. The van der Waals surface area contributed by atoms with E-state index in [0.717, 1.165) is 0 Å². The molecule has 13 heteroatoms. The topological polar surface area (TPSA) is 215 Å². The molecule has 0 saturated heterocycles. The summed E-state index contributed by atoms with van der Waals surface area (Å²) < 4.78 is 0. The van der Waals surface area contributed by atoms with E-state index in [4.69, 9.17) is 17.2 Å². The molecule has 0 saturated carbocycles. The monoisotopic (exact) mass is 517 g/mol. The summed E-state index contributed by atoms with van der Waals surface area (Å²) in [4.78, 5) is 54.1. The molecule has 10 N–H and O–H groups in total. The second-order valence-corrected chi connectivity index (χ2v) is 9.82. The van der Waals surface area contributed by atoms with Crippen molar-refractivity contribution < 1.29 is 24.3 Å². The Morgan fingerprint density at radius 2 is 1.54 bits per heavy atom. The molecule has 0 aliphatic carbocycles. The molecule has 0 aliphatic rings. The van der Waals surface area contributed by atoms with Crippen LogP contribution in [0.4, 0.5) is 0 Å². The van der Waals surface area contributed by atoms with Gasteiger partial charge in [-0.05, 0) is 43.1 Å². The number of hydrogen-bond donors (Lipinski definition) is 7. The molecule has 5 unspecified atom stereocenters. The largest absolute Gasteiger partial charge is 0.480 e. The first-order chi connectivity index (χ1) is 16.3. The molecule has 0 fully saturated rings. The highest BCUT2D eigenvalue weighted by atomic mass is 32.2. The Balaban J connectivity index is 5.47. The molecule has 0 aromatic carbocycles. The Kier molecular flexibility index (Phi) is 15.7.